The van der Waals surface area contributed by atoms with Crippen LogP contribution < -0.4 is 5.32 Å². The van der Waals surface area contributed by atoms with Crippen LogP contribution in [-0.4, -0.2) is 47.0 Å². The molecule has 29 heavy (non-hydrogen) atoms. The van der Waals surface area contributed by atoms with Gasteiger partial charge in [0.25, 0.3) is 0 Å². The molecule has 1 amide bonds. The molecule has 2 aromatic rings. The molecule has 1 aliphatic heterocycles. The lowest BCUT2D eigenvalue weighted by Gasteiger charge is -2.50. The Kier molecular flexibility index (Phi) is 6.28. The summed E-state index contributed by atoms with van der Waals surface area (Å²) < 4.78 is 14.3. The summed E-state index contributed by atoms with van der Waals surface area (Å²) in [6, 6.07) is 6.84. The van der Waals surface area contributed by atoms with Crippen molar-refractivity contribution in [3.05, 3.63) is 53.9 Å². The van der Waals surface area contributed by atoms with Crippen molar-refractivity contribution >= 4 is 5.91 Å². The first-order valence-corrected chi connectivity index (χ1v) is 10.9. The fourth-order valence-electron chi connectivity index (χ4n) is 4.94. The number of hydrogen-bond acceptors (Lipinski definition) is 3. The molecule has 156 valence electrons. The van der Waals surface area contributed by atoms with Crippen molar-refractivity contribution < 1.29 is 9.18 Å². The summed E-state index contributed by atoms with van der Waals surface area (Å²) >= 11 is 0. The van der Waals surface area contributed by atoms with Gasteiger partial charge in [-0.25, -0.2) is 9.37 Å². The van der Waals surface area contributed by atoms with Gasteiger partial charge in [-0.3, -0.25) is 4.79 Å². The number of aromatic amines is 1. The summed E-state index contributed by atoms with van der Waals surface area (Å²) in [4.78, 5) is 22.6. The lowest BCUT2D eigenvalue weighted by molar-refractivity contribution is -0.142. The van der Waals surface area contributed by atoms with Crippen molar-refractivity contribution in [2.45, 2.75) is 44.9 Å². The van der Waals surface area contributed by atoms with Crippen LogP contribution in [0.3, 0.4) is 0 Å². The van der Waals surface area contributed by atoms with Crippen molar-refractivity contribution in [2.24, 2.45) is 11.3 Å². The van der Waals surface area contributed by atoms with Crippen LogP contribution in [0.5, 0.6) is 0 Å². The van der Waals surface area contributed by atoms with Gasteiger partial charge in [0.05, 0.1) is 11.7 Å². The Balaban J connectivity index is 1.38. The van der Waals surface area contributed by atoms with Gasteiger partial charge in [0.2, 0.25) is 5.91 Å². The van der Waals surface area contributed by atoms with E-state index in [-0.39, 0.29) is 11.7 Å². The third-order valence-corrected chi connectivity index (χ3v) is 6.50. The number of aromatic nitrogens is 2. The first-order chi connectivity index (χ1) is 14.1. The summed E-state index contributed by atoms with van der Waals surface area (Å²) in [6.45, 7) is 3.06. The summed E-state index contributed by atoms with van der Waals surface area (Å²) in [5.41, 5.74) is 1.10. The van der Waals surface area contributed by atoms with Gasteiger partial charge >= 0.3 is 0 Å². The number of carbonyl (C=O) groups excluding carboxylic acids is 1. The smallest absolute Gasteiger partial charge is 0.229 e. The SMILES string of the molecule is O=C(NCCc1cnc[nH]1)C1(Cc2ccccc2F)CN(CC2CCCCC2)C1. The summed E-state index contributed by atoms with van der Waals surface area (Å²) in [5.74, 6) is 0.571. The lowest BCUT2D eigenvalue weighted by Crippen LogP contribution is -2.65. The van der Waals surface area contributed by atoms with Gasteiger partial charge in [0, 0.05) is 44.5 Å². The second-order valence-corrected chi connectivity index (χ2v) is 8.80. The third kappa shape index (κ3) is 4.86. The van der Waals surface area contributed by atoms with Crippen molar-refractivity contribution in [3.63, 3.8) is 0 Å². The highest BCUT2D eigenvalue weighted by Gasteiger charge is 2.49. The average molecular weight is 399 g/mol. The quantitative estimate of drug-likeness (QED) is 0.717. The predicted molar refractivity (Wildman–Crippen MR) is 111 cm³/mol. The average Bonchev–Trinajstić information content (AvgIpc) is 3.22. The number of rotatable bonds is 8. The predicted octanol–water partition coefficient (Wildman–Crippen LogP) is 3.33. The number of hydrogen-bond donors (Lipinski definition) is 2. The molecule has 2 heterocycles. The number of likely N-dealkylation sites (tertiary alicyclic amines) is 1. The topological polar surface area (TPSA) is 61.0 Å². The molecule has 2 N–H and O–H groups in total. The molecule has 2 fully saturated rings. The van der Waals surface area contributed by atoms with Crippen molar-refractivity contribution in [1.29, 1.82) is 0 Å². The third-order valence-electron chi connectivity index (χ3n) is 6.50. The van der Waals surface area contributed by atoms with E-state index in [1.165, 1.54) is 38.2 Å². The number of H-pyrrole nitrogens is 1. The van der Waals surface area contributed by atoms with Gasteiger partial charge in [-0.05, 0) is 36.8 Å². The van der Waals surface area contributed by atoms with E-state index in [0.717, 1.165) is 18.2 Å². The van der Waals surface area contributed by atoms with Crippen LogP contribution in [0.2, 0.25) is 0 Å². The molecule has 5 nitrogen and oxygen atoms in total. The van der Waals surface area contributed by atoms with E-state index < -0.39 is 5.41 Å². The molecule has 1 aromatic heterocycles. The highest BCUT2D eigenvalue weighted by atomic mass is 19.1. The van der Waals surface area contributed by atoms with Crippen LogP contribution in [-0.2, 0) is 17.6 Å². The van der Waals surface area contributed by atoms with Crippen LogP contribution in [0.15, 0.2) is 36.8 Å². The van der Waals surface area contributed by atoms with Gasteiger partial charge in [-0.2, -0.15) is 0 Å². The minimum absolute atomic E-state index is 0.0418. The number of benzene rings is 1. The van der Waals surface area contributed by atoms with E-state index in [4.69, 9.17) is 0 Å². The highest BCUT2D eigenvalue weighted by molar-refractivity contribution is 5.84. The molecular weight excluding hydrogens is 367 g/mol. The number of halogens is 1. The van der Waals surface area contributed by atoms with Gasteiger partial charge in [0.1, 0.15) is 5.82 Å². The zero-order valence-electron chi connectivity index (χ0n) is 17.0. The van der Waals surface area contributed by atoms with E-state index in [1.807, 2.05) is 6.07 Å². The van der Waals surface area contributed by atoms with Crippen molar-refractivity contribution in [2.75, 3.05) is 26.2 Å². The summed E-state index contributed by atoms with van der Waals surface area (Å²) in [7, 11) is 0. The molecule has 1 saturated heterocycles. The normalized spacial score (nSPS) is 19.6. The first-order valence-electron chi connectivity index (χ1n) is 10.9. The Bertz CT molecular complexity index is 795. The molecule has 2 aliphatic rings. The molecule has 1 aromatic carbocycles. The number of amides is 1. The molecule has 6 heteroatoms. The molecule has 0 unspecified atom stereocenters. The summed E-state index contributed by atoms with van der Waals surface area (Å²) in [5, 5.41) is 3.09. The Morgan fingerprint density at radius 2 is 2.03 bits per heavy atom. The molecule has 0 atom stereocenters. The minimum atomic E-state index is -0.537. The number of nitrogens with zero attached hydrogens (tertiary/aromatic N) is 2. The van der Waals surface area contributed by atoms with E-state index >= 15 is 0 Å². The fraction of sp³-hybridized carbons (Fsp3) is 0.565. The number of carbonyl (C=O) groups is 1. The van der Waals surface area contributed by atoms with Gasteiger partial charge < -0.3 is 15.2 Å². The maximum Gasteiger partial charge on any atom is 0.229 e. The zero-order chi connectivity index (χ0) is 20.1. The molecule has 1 saturated carbocycles. The molecular formula is C23H31FN4O. The van der Waals surface area contributed by atoms with Crippen LogP contribution in [0.4, 0.5) is 4.39 Å². The van der Waals surface area contributed by atoms with Crippen LogP contribution in [0.25, 0.3) is 0 Å². The van der Waals surface area contributed by atoms with Gasteiger partial charge in [-0.1, -0.05) is 37.5 Å². The molecule has 0 radical (unpaired) electrons. The van der Waals surface area contributed by atoms with E-state index in [1.54, 1.807) is 24.7 Å². The standard InChI is InChI=1S/C23H31FN4O/c24-21-9-5-4-8-19(21)12-23(22(29)26-11-10-20-13-25-17-27-20)15-28(16-23)14-18-6-2-1-3-7-18/h4-5,8-9,13,17-18H,1-3,6-7,10-12,14-16H2,(H,25,27)(H,26,29). The Morgan fingerprint density at radius 3 is 2.76 bits per heavy atom. The molecule has 1 aliphatic carbocycles. The largest absolute Gasteiger partial charge is 0.355 e. The van der Waals surface area contributed by atoms with Crippen LogP contribution in [0.1, 0.15) is 43.4 Å². The summed E-state index contributed by atoms with van der Waals surface area (Å²) in [6.07, 6.45) is 11.2. The Morgan fingerprint density at radius 1 is 1.24 bits per heavy atom. The van der Waals surface area contributed by atoms with E-state index in [0.29, 0.717) is 38.0 Å². The number of imidazole rings is 1. The molecule has 0 bridgehead atoms. The first kappa shape index (κ1) is 20.1. The second kappa shape index (κ2) is 9.08. The second-order valence-electron chi connectivity index (χ2n) is 8.80. The van der Waals surface area contributed by atoms with Gasteiger partial charge in [0.15, 0.2) is 0 Å². The zero-order valence-corrected chi connectivity index (χ0v) is 17.0. The molecule has 4 rings (SSSR count). The maximum atomic E-state index is 14.3. The minimum Gasteiger partial charge on any atom is -0.355 e. The van der Waals surface area contributed by atoms with Crippen molar-refractivity contribution in [1.82, 2.24) is 20.2 Å². The van der Waals surface area contributed by atoms with Crippen molar-refractivity contribution in [3.8, 4) is 0 Å². The Hall–Kier alpha value is -2.21. The van der Waals surface area contributed by atoms with E-state index in [2.05, 4.69) is 20.2 Å². The van der Waals surface area contributed by atoms with Crippen LogP contribution >= 0.6 is 0 Å². The monoisotopic (exact) mass is 398 g/mol. The highest BCUT2D eigenvalue weighted by Crippen LogP contribution is 2.37. The number of nitrogens with one attached hydrogen (secondary N) is 2. The van der Waals surface area contributed by atoms with Crippen LogP contribution in [0, 0.1) is 17.2 Å². The fourth-order valence-corrected chi connectivity index (χ4v) is 4.94. The van der Waals surface area contributed by atoms with E-state index in [9.17, 15) is 9.18 Å². The maximum absolute atomic E-state index is 14.3. The van der Waals surface area contributed by atoms with Gasteiger partial charge in [-0.15, -0.1) is 0 Å². The molecule has 0 spiro atoms. The Labute approximate surface area is 172 Å². The lowest BCUT2D eigenvalue weighted by atomic mass is 9.73.